The molecule has 2 saturated heterocycles. The molecule has 3 aromatic carbocycles. The number of imide groups is 2. The SMILES string of the molecule is COc1ccc([C@H]2C3=CC[C@@H]4C(=O)N(C(C)(C)C)C(=O)[C@@H]4[C@@H]3C[C@H]3C(=O)N(Nc4ccc(F)cc4)C(=O)[C@@]23c2ccc(Cl)cc2)cc1O. The first kappa shape index (κ1) is 31.9. The topological polar surface area (TPSA) is 116 Å². The minimum atomic E-state index is -1.54. The van der Waals surface area contributed by atoms with Crippen LogP contribution in [0.1, 0.15) is 50.7 Å². The van der Waals surface area contributed by atoms with Crippen LogP contribution in [-0.4, -0.2) is 51.3 Å². The van der Waals surface area contributed by atoms with Gasteiger partial charge in [0.2, 0.25) is 11.8 Å². The molecule has 0 unspecified atom stereocenters. The number of nitrogens with one attached hydrogen (secondary N) is 1. The van der Waals surface area contributed by atoms with Crippen molar-refractivity contribution in [1.29, 1.82) is 0 Å². The lowest BCUT2D eigenvalue weighted by molar-refractivity contribution is -0.146. The van der Waals surface area contributed by atoms with Crippen LogP contribution in [0.15, 0.2) is 78.4 Å². The van der Waals surface area contributed by atoms with Crippen LogP contribution in [0.4, 0.5) is 10.1 Å². The van der Waals surface area contributed by atoms with Crippen molar-refractivity contribution in [3.63, 3.8) is 0 Å². The van der Waals surface area contributed by atoms with E-state index in [4.69, 9.17) is 16.3 Å². The maximum absolute atomic E-state index is 15.1. The summed E-state index contributed by atoms with van der Waals surface area (Å²) in [5, 5.41) is 12.4. The van der Waals surface area contributed by atoms with Crippen LogP contribution in [0.25, 0.3) is 0 Å². The van der Waals surface area contributed by atoms with E-state index in [9.17, 15) is 23.9 Å². The number of allylic oxidation sites excluding steroid dienone is 2. The van der Waals surface area contributed by atoms with Gasteiger partial charge in [-0.1, -0.05) is 41.4 Å². The second-order valence-electron chi connectivity index (χ2n) is 14.0. The number of phenols is 1. The number of methoxy groups -OCH3 is 1. The van der Waals surface area contributed by atoms with Crippen LogP contribution >= 0.6 is 11.6 Å². The number of hydrogen-bond donors (Lipinski definition) is 2. The number of hydrazine groups is 1. The number of ether oxygens (including phenoxy) is 1. The third-order valence-electron chi connectivity index (χ3n) is 10.5. The third kappa shape index (κ3) is 4.56. The van der Waals surface area contributed by atoms with Crippen molar-refractivity contribution in [3.05, 3.63) is 100 Å². The van der Waals surface area contributed by atoms with Gasteiger partial charge >= 0.3 is 0 Å². The molecule has 3 fully saturated rings. The number of anilines is 1. The molecule has 3 aromatic rings. The first-order chi connectivity index (χ1) is 22.8. The predicted octanol–water partition coefficient (Wildman–Crippen LogP) is 5.98. The van der Waals surface area contributed by atoms with Crippen molar-refractivity contribution in [2.75, 3.05) is 12.5 Å². The fourth-order valence-corrected chi connectivity index (χ4v) is 8.70. The van der Waals surface area contributed by atoms with E-state index in [2.05, 4.69) is 5.43 Å². The van der Waals surface area contributed by atoms with Crippen LogP contribution in [0.3, 0.4) is 0 Å². The Balaban J connectivity index is 1.46. The standard InChI is InChI=1S/C37H35ClFN3O6/c1-36(2,3)41-32(44)25-15-14-24-26(30(25)34(41)46)18-27-33(45)42(40-23-12-10-22(39)11-13-23)35(47)37(27,20-6-8-21(38)9-7-20)31(24)19-5-16-29(48-4)28(43)17-19/h5-14,16-17,25-27,30-31,40,43H,15,18H2,1-4H3/t25-,26+,27-,30-,31-,37+/m0/s1. The molecule has 4 amide bonds. The quantitative estimate of drug-likeness (QED) is 0.253. The van der Waals surface area contributed by atoms with Crippen molar-refractivity contribution in [3.8, 4) is 11.5 Å². The Morgan fingerprint density at radius 2 is 1.62 bits per heavy atom. The second kappa shape index (κ2) is 11.2. The molecule has 0 aromatic heterocycles. The number of hydrogen-bond acceptors (Lipinski definition) is 7. The highest BCUT2D eigenvalue weighted by molar-refractivity contribution is 6.30. The summed E-state index contributed by atoms with van der Waals surface area (Å²) in [4.78, 5) is 59.0. The van der Waals surface area contributed by atoms with Gasteiger partial charge in [0.15, 0.2) is 11.5 Å². The average Bonchev–Trinajstić information content (AvgIpc) is 3.43. The molecule has 1 saturated carbocycles. The molecule has 0 radical (unpaired) electrons. The summed E-state index contributed by atoms with van der Waals surface area (Å²) in [6.45, 7) is 5.46. The van der Waals surface area contributed by atoms with Gasteiger partial charge in [-0.05, 0) is 99.2 Å². The van der Waals surface area contributed by atoms with Crippen LogP contribution in [0.2, 0.25) is 5.02 Å². The summed E-state index contributed by atoms with van der Waals surface area (Å²) in [7, 11) is 1.43. The van der Waals surface area contributed by atoms with Crippen LogP contribution in [0, 0.1) is 29.5 Å². The Bertz CT molecular complexity index is 1890. The van der Waals surface area contributed by atoms with E-state index < -0.39 is 58.2 Å². The van der Waals surface area contributed by atoms with E-state index in [1.807, 2.05) is 26.8 Å². The van der Waals surface area contributed by atoms with Crippen LogP contribution < -0.4 is 10.2 Å². The molecule has 0 bridgehead atoms. The molecule has 6 atom stereocenters. The number of carbonyl (C=O) groups excluding carboxylic acids is 4. The summed E-state index contributed by atoms with van der Waals surface area (Å²) in [5.41, 5.74) is 2.80. The molecule has 2 heterocycles. The predicted molar refractivity (Wildman–Crippen MR) is 175 cm³/mol. The molecular weight excluding hydrogens is 637 g/mol. The van der Waals surface area contributed by atoms with Gasteiger partial charge in [0.25, 0.3) is 11.8 Å². The monoisotopic (exact) mass is 671 g/mol. The van der Waals surface area contributed by atoms with Crippen molar-refractivity contribution in [1.82, 2.24) is 9.91 Å². The lowest BCUT2D eigenvalue weighted by atomic mass is 9.49. The molecular formula is C37H35ClFN3O6. The number of phenolic OH excluding ortho intramolecular Hbond substituents is 1. The number of likely N-dealkylation sites (tertiary alicyclic amines) is 1. The number of benzene rings is 3. The van der Waals surface area contributed by atoms with E-state index in [0.29, 0.717) is 21.8 Å². The first-order valence-corrected chi connectivity index (χ1v) is 16.3. The Hall–Kier alpha value is -4.70. The van der Waals surface area contributed by atoms with E-state index in [0.717, 1.165) is 10.6 Å². The fourth-order valence-electron chi connectivity index (χ4n) is 8.58. The molecule has 2 aliphatic carbocycles. The number of halogens is 2. The number of nitrogens with zero attached hydrogens (tertiary/aromatic N) is 2. The second-order valence-corrected chi connectivity index (χ2v) is 14.4. The Kier molecular flexibility index (Phi) is 7.43. The van der Waals surface area contributed by atoms with Crippen molar-refractivity contribution >= 4 is 40.9 Å². The van der Waals surface area contributed by atoms with Gasteiger partial charge in [0.05, 0.1) is 36.0 Å². The fraction of sp³-hybridized carbons (Fsp3) is 0.351. The number of amides is 4. The summed E-state index contributed by atoms with van der Waals surface area (Å²) in [5.74, 6) is -5.69. The van der Waals surface area contributed by atoms with Gasteiger partial charge in [-0.3, -0.25) is 29.5 Å². The normalized spacial score (nSPS) is 28.2. The van der Waals surface area contributed by atoms with Gasteiger partial charge in [-0.15, -0.1) is 0 Å². The zero-order valence-corrected chi connectivity index (χ0v) is 27.6. The summed E-state index contributed by atoms with van der Waals surface area (Å²) in [6, 6.07) is 17.0. The molecule has 2 aliphatic heterocycles. The van der Waals surface area contributed by atoms with Crippen LogP contribution in [-0.2, 0) is 24.6 Å². The first-order valence-electron chi connectivity index (χ1n) is 15.9. The summed E-state index contributed by atoms with van der Waals surface area (Å²) >= 11 is 6.33. The number of fused-ring (bicyclic) bond motifs is 4. The molecule has 11 heteroatoms. The lowest BCUT2D eigenvalue weighted by Crippen LogP contribution is -2.53. The van der Waals surface area contributed by atoms with Crippen LogP contribution in [0.5, 0.6) is 11.5 Å². The maximum Gasteiger partial charge on any atom is 0.260 e. The minimum Gasteiger partial charge on any atom is -0.504 e. The summed E-state index contributed by atoms with van der Waals surface area (Å²) < 4.78 is 19.1. The van der Waals surface area contributed by atoms with E-state index in [-0.39, 0.29) is 36.2 Å². The van der Waals surface area contributed by atoms with Crippen molar-refractivity contribution < 1.29 is 33.4 Å². The molecule has 0 spiro atoms. The van der Waals surface area contributed by atoms with E-state index >= 15 is 4.79 Å². The molecule has 48 heavy (non-hydrogen) atoms. The Labute approximate surface area is 282 Å². The zero-order chi connectivity index (χ0) is 34.3. The molecule has 248 valence electrons. The number of aromatic hydroxyl groups is 1. The Morgan fingerprint density at radius 3 is 2.25 bits per heavy atom. The van der Waals surface area contributed by atoms with Gasteiger partial charge in [-0.25, -0.2) is 4.39 Å². The number of carbonyl (C=O) groups is 4. The van der Waals surface area contributed by atoms with Crippen molar-refractivity contribution in [2.45, 2.75) is 50.5 Å². The Morgan fingerprint density at radius 1 is 0.938 bits per heavy atom. The van der Waals surface area contributed by atoms with E-state index in [1.54, 1.807) is 36.4 Å². The molecule has 2 N–H and O–H groups in total. The smallest absolute Gasteiger partial charge is 0.260 e. The van der Waals surface area contributed by atoms with Gasteiger partial charge < -0.3 is 9.84 Å². The molecule has 4 aliphatic rings. The molecule has 9 nitrogen and oxygen atoms in total. The van der Waals surface area contributed by atoms with Gasteiger partial charge in [0.1, 0.15) is 5.82 Å². The van der Waals surface area contributed by atoms with Gasteiger partial charge in [-0.2, -0.15) is 5.01 Å². The van der Waals surface area contributed by atoms with Crippen molar-refractivity contribution in [2.24, 2.45) is 23.7 Å². The zero-order valence-electron chi connectivity index (χ0n) is 26.9. The highest BCUT2D eigenvalue weighted by Gasteiger charge is 2.70. The van der Waals surface area contributed by atoms with E-state index in [1.165, 1.54) is 42.3 Å². The molecule has 7 rings (SSSR count). The van der Waals surface area contributed by atoms with Gasteiger partial charge in [0, 0.05) is 16.5 Å². The largest absolute Gasteiger partial charge is 0.504 e. The lowest BCUT2D eigenvalue weighted by Gasteiger charge is -2.50. The minimum absolute atomic E-state index is 0.122. The average molecular weight is 672 g/mol. The highest BCUT2D eigenvalue weighted by Crippen LogP contribution is 2.64. The highest BCUT2D eigenvalue weighted by atomic mass is 35.5. The number of rotatable bonds is 5. The third-order valence-corrected chi connectivity index (χ3v) is 10.7. The maximum atomic E-state index is 15.1. The summed E-state index contributed by atoms with van der Waals surface area (Å²) in [6.07, 6.45) is 2.36.